The van der Waals surface area contributed by atoms with Gasteiger partial charge in [0.2, 0.25) is 5.84 Å². The van der Waals surface area contributed by atoms with Gasteiger partial charge in [0, 0.05) is 13.3 Å². The maximum Gasteiger partial charge on any atom is 0.200 e. The summed E-state index contributed by atoms with van der Waals surface area (Å²) in [4.78, 5) is 4.71. The van der Waals surface area contributed by atoms with Crippen LogP contribution < -0.4 is 0 Å². The van der Waals surface area contributed by atoms with Gasteiger partial charge in [-0.1, -0.05) is 76.9 Å². The van der Waals surface area contributed by atoms with Gasteiger partial charge in [-0.3, -0.25) is 4.48 Å². The minimum Gasteiger partial charge on any atom is -0.345 e. The van der Waals surface area contributed by atoms with Crippen LogP contribution in [-0.2, 0) is 0 Å². The zero-order valence-electron chi connectivity index (χ0n) is 18.6. The quantitative estimate of drug-likeness (QED) is 0.172. The van der Waals surface area contributed by atoms with E-state index in [4.69, 9.17) is 4.99 Å². The molecule has 0 radical (unpaired) electrons. The molecule has 2 unspecified atom stereocenters. The number of hydrogen-bond donors (Lipinski definition) is 1. The second-order valence-electron chi connectivity index (χ2n) is 8.34. The van der Waals surface area contributed by atoms with Gasteiger partial charge in [0.15, 0.2) is 6.23 Å². The first-order chi connectivity index (χ1) is 13.2. The van der Waals surface area contributed by atoms with Gasteiger partial charge in [-0.15, -0.1) is 0 Å². The Bertz CT molecular complexity index is 417. The number of unbranched alkanes of at least 4 members (excludes halogenated alkanes) is 11. The fraction of sp³-hybridized carbons (Fsp3) is 0.875. The third kappa shape index (κ3) is 9.38. The molecule has 1 N–H and O–H groups in total. The lowest BCUT2D eigenvalue weighted by Crippen LogP contribution is -2.56. The summed E-state index contributed by atoms with van der Waals surface area (Å²) < 4.78 is 0.716. The molecule has 1 heterocycles. The van der Waals surface area contributed by atoms with E-state index < -0.39 is 0 Å². The number of aliphatic imine (C=N–C) groups is 1. The molecule has 0 aliphatic carbocycles. The Kier molecular flexibility index (Phi) is 13.8. The summed E-state index contributed by atoms with van der Waals surface area (Å²) >= 11 is 0. The van der Waals surface area contributed by atoms with Crippen LogP contribution in [0.2, 0.25) is 0 Å². The Morgan fingerprint density at radius 2 is 1.44 bits per heavy atom. The third-order valence-electron chi connectivity index (χ3n) is 6.25. The molecule has 0 aromatic heterocycles. The Hall–Kier alpha value is -0.670. The molecule has 27 heavy (non-hydrogen) atoms. The van der Waals surface area contributed by atoms with Crippen LogP contribution in [-0.4, -0.2) is 41.3 Å². The van der Waals surface area contributed by atoms with E-state index in [9.17, 15) is 5.11 Å². The van der Waals surface area contributed by atoms with Crippen LogP contribution in [0.1, 0.15) is 111 Å². The number of aliphatic hydroxyl groups excluding tert-OH is 1. The molecule has 3 nitrogen and oxygen atoms in total. The third-order valence-corrected chi connectivity index (χ3v) is 6.25. The van der Waals surface area contributed by atoms with Crippen molar-refractivity contribution < 1.29 is 9.59 Å². The lowest BCUT2D eigenvalue weighted by Gasteiger charge is -2.36. The van der Waals surface area contributed by atoms with Crippen molar-refractivity contribution in [3.05, 3.63) is 12.2 Å². The summed E-state index contributed by atoms with van der Waals surface area (Å²) in [5.41, 5.74) is 0. The van der Waals surface area contributed by atoms with E-state index in [1.165, 1.54) is 89.3 Å². The smallest absolute Gasteiger partial charge is 0.200 e. The zero-order valence-corrected chi connectivity index (χ0v) is 18.6. The zero-order chi connectivity index (χ0) is 19.8. The van der Waals surface area contributed by atoms with Crippen LogP contribution in [0.25, 0.3) is 0 Å². The molecule has 0 saturated heterocycles. The normalized spacial score (nSPS) is 21.1. The first kappa shape index (κ1) is 24.4. The maximum atomic E-state index is 10.2. The van der Waals surface area contributed by atoms with Crippen LogP contribution in [0, 0.1) is 0 Å². The Labute approximate surface area is 169 Å². The van der Waals surface area contributed by atoms with Crippen molar-refractivity contribution in [3.63, 3.8) is 0 Å². The van der Waals surface area contributed by atoms with Gasteiger partial charge in [0.05, 0.1) is 13.1 Å². The molecule has 1 aliphatic rings. The number of hydrogen-bond acceptors (Lipinski definition) is 2. The molecule has 2 atom stereocenters. The highest BCUT2D eigenvalue weighted by atomic mass is 16.3. The highest BCUT2D eigenvalue weighted by molar-refractivity contribution is 5.76. The second-order valence-corrected chi connectivity index (χ2v) is 8.34. The van der Waals surface area contributed by atoms with Crippen molar-refractivity contribution >= 4 is 5.84 Å². The van der Waals surface area contributed by atoms with Gasteiger partial charge in [-0.2, -0.15) is 0 Å². The summed E-state index contributed by atoms with van der Waals surface area (Å²) in [6.45, 7) is 9.20. The molecule has 3 heteroatoms. The fourth-order valence-corrected chi connectivity index (χ4v) is 4.28. The largest absolute Gasteiger partial charge is 0.345 e. The van der Waals surface area contributed by atoms with Crippen molar-refractivity contribution in [3.8, 4) is 0 Å². The minimum absolute atomic E-state index is 0.317. The second kappa shape index (κ2) is 15.3. The number of allylic oxidation sites excluding steroid dienone is 2. The van der Waals surface area contributed by atoms with Crippen molar-refractivity contribution in [2.75, 3.05) is 19.6 Å². The maximum absolute atomic E-state index is 10.2. The van der Waals surface area contributed by atoms with Gasteiger partial charge in [-0.05, 0) is 32.6 Å². The Balaban J connectivity index is 1.93. The molecule has 158 valence electrons. The number of amidine groups is 1. The first-order valence-electron chi connectivity index (χ1n) is 11.9. The fourth-order valence-electron chi connectivity index (χ4n) is 4.28. The molecule has 0 amide bonds. The average Bonchev–Trinajstić information content (AvgIpc) is 3.09. The van der Waals surface area contributed by atoms with Crippen molar-refractivity contribution in [1.82, 2.24) is 0 Å². The van der Waals surface area contributed by atoms with Gasteiger partial charge < -0.3 is 5.11 Å². The van der Waals surface area contributed by atoms with Crippen LogP contribution in [0.4, 0.5) is 0 Å². The predicted molar refractivity (Wildman–Crippen MR) is 119 cm³/mol. The molecule has 1 rings (SSSR count). The minimum atomic E-state index is -0.317. The first-order valence-corrected chi connectivity index (χ1v) is 11.9. The molecule has 0 bridgehead atoms. The number of nitrogens with zero attached hydrogens (tertiary/aromatic N) is 2. The summed E-state index contributed by atoms with van der Waals surface area (Å²) in [6, 6.07) is 0. The van der Waals surface area contributed by atoms with E-state index in [-0.39, 0.29) is 6.23 Å². The number of likely N-dealkylation sites (N-methyl/N-ethyl adjacent to an activating group) is 1. The topological polar surface area (TPSA) is 32.6 Å². The van der Waals surface area contributed by atoms with E-state index in [0.717, 1.165) is 26.1 Å². The van der Waals surface area contributed by atoms with Gasteiger partial charge in [0.25, 0.3) is 0 Å². The highest BCUT2D eigenvalue weighted by Crippen LogP contribution is 2.23. The molecule has 0 spiro atoms. The number of rotatable bonds is 17. The summed E-state index contributed by atoms with van der Waals surface area (Å²) in [6.07, 6.45) is 22.9. The predicted octanol–water partition coefficient (Wildman–Crippen LogP) is 6.61. The SMILES string of the molecule is CCCC/C=C/CCCCCCCCCCCC1=NCC[N+]1(CC)C(C)O. The van der Waals surface area contributed by atoms with E-state index in [1.807, 2.05) is 6.92 Å². The van der Waals surface area contributed by atoms with Crippen molar-refractivity contribution in [2.24, 2.45) is 4.99 Å². The Morgan fingerprint density at radius 1 is 0.889 bits per heavy atom. The van der Waals surface area contributed by atoms with Crippen LogP contribution in [0.3, 0.4) is 0 Å². The highest BCUT2D eigenvalue weighted by Gasteiger charge is 2.40. The Morgan fingerprint density at radius 3 is 2.00 bits per heavy atom. The molecular formula is C24H47N2O+. The summed E-state index contributed by atoms with van der Waals surface area (Å²) in [5.74, 6) is 1.25. The van der Waals surface area contributed by atoms with Crippen LogP contribution in [0.5, 0.6) is 0 Å². The van der Waals surface area contributed by atoms with E-state index in [2.05, 4.69) is 26.0 Å². The van der Waals surface area contributed by atoms with Gasteiger partial charge >= 0.3 is 0 Å². The van der Waals surface area contributed by atoms with Gasteiger partial charge in [-0.25, -0.2) is 4.99 Å². The van der Waals surface area contributed by atoms with Gasteiger partial charge in [0.1, 0.15) is 6.54 Å². The monoisotopic (exact) mass is 379 g/mol. The molecule has 0 fully saturated rings. The van der Waals surface area contributed by atoms with Crippen LogP contribution >= 0.6 is 0 Å². The standard InChI is InChI=1S/C24H47N2O/c1-4-6-7-8-9-10-11-12-13-14-15-16-17-18-19-20-24-25-21-22-26(24,5-2)23(3)27/h8-9,23,27H,4-7,10-22H2,1-3H3/q+1/b9-8+. The molecule has 1 aliphatic heterocycles. The van der Waals surface area contributed by atoms with E-state index >= 15 is 0 Å². The molecule has 0 aromatic carbocycles. The summed E-state index contributed by atoms with van der Waals surface area (Å²) in [7, 11) is 0. The lowest BCUT2D eigenvalue weighted by molar-refractivity contribution is -0.882. The molecule has 0 saturated carbocycles. The average molecular weight is 380 g/mol. The summed E-state index contributed by atoms with van der Waals surface area (Å²) in [5, 5.41) is 10.2. The van der Waals surface area contributed by atoms with E-state index in [0.29, 0.717) is 4.48 Å². The van der Waals surface area contributed by atoms with Crippen molar-refractivity contribution in [1.29, 1.82) is 0 Å². The van der Waals surface area contributed by atoms with Crippen LogP contribution in [0.15, 0.2) is 17.1 Å². The van der Waals surface area contributed by atoms with Crippen molar-refractivity contribution in [2.45, 2.75) is 117 Å². The van der Waals surface area contributed by atoms with E-state index in [1.54, 1.807) is 0 Å². The lowest BCUT2D eigenvalue weighted by atomic mass is 10.0. The number of quaternary nitrogens is 1. The number of aliphatic hydroxyl groups is 1. The molecule has 0 aromatic rings. The molecular weight excluding hydrogens is 332 g/mol.